The number of rotatable bonds is 3. The molecule has 2 aromatic rings. The summed E-state index contributed by atoms with van der Waals surface area (Å²) in [4.78, 5) is 19.0. The first-order valence-corrected chi connectivity index (χ1v) is 11.3. The van der Waals surface area contributed by atoms with Gasteiger partial charge in [-0.05, 0) is 64.8 Å². The molecule has 4 rings (SSSR count). The molecular formula is C22H24BrClFN3O2. The number of hydrogen-bond donors (Lipinski definition) is 1. The van der Waals surface area contributed by atoms with Crippen LogP contribution in [0.5, 0.6) is 0 Å². The molecule has 0 aliphatic carbocycles. The van der Waals surface area contributed by atoms with Crippen LogP contribution in [0.2, 0.25) is 5.02 Å². The minimum atomic E-state index is -0.615. The van der Waals surface area contributed by atoms with Gasteiger partial charge < -0.3 is 14.9 Å². The molecule has 0 saturated carbocycles. The lowest BCUT2D eigenvalue weighted by molar-refractivity contribution is 0.0761. The van der Waals surface area contributed by atoms with Crippen LogP contribution in [0.15, 0.2) is 46.9 Å². The van der Waals surface area contributed by atoms with Crippen LogP contribution in [0, 0.1) is 5.82 Å². The molecule has 2 saturated heterocycles. The molecule has 2 aliphatic rings. The SMILES string of the molecule is O=C(c1ccc(Br)c(F)c1)N1C[C@H](O)[C@@H](N2CCCN(c3ccc(Cl)cc3)CC2)C1. The summed E-state index contributed by atoms with van der Waals surface area (Å²) in [6, 6.07) is 12.1. The van der Waals surface area contributed by atoms with E-state index in [2.05, 4.69) is 25.7 Å². The second kappa shape index (κ2) is 9.22. The van der Waals surface area contributed by atoms with E-state index in [9.17, 15) is 14.3 Å². The number of aliphatic hydroxyl groups excluding tert-OH is 1. The second-order valence-corrected chi connectivity index (χ2v) is 9.12. The third-order valence-corrected chi connectivity index (χ3v) is 6.80. The van der Waals surface area contributed by atoms with Gasteiger partial charge in [0.25, 0.3) is 5.91 Å². The molecule has 0 spiro atoms. The predicted molar refractivity (Wildman–Crippen MR) is 120 cm³/mol. The van der Waals surface area contributed by atoms with Crippen molar-refractivity contribution >= 4 is 39.1 Å². The highest BCUT2D eigenvalue weighted by Crippen LogP contribution is 2.24. The number of β-amino-alcohol motifs (C(OH)–C–C–N with tert-alkyl or cyclic N) is 1. The van der Waals surface area contributed by atoms with Crippen LogP contribution in [-0.4, -0.2) is 72.2 Å². The Morgan fingerprint density at radius 2 is 1.83 bits per heavy atom. The van der Waals surface area contributed by atoms with Gasteiger partial charge in [0.15, 0.2) is 0 Å². The molecule has 160 valence electrons. The van der Waals surface area contributed by atoms with Crippen molar-refractivity contribution in [3.05, 3.63) is 63.3 Å². The Morgan fingerprint density at radius 1 is 1.07 bits per heavy atom. The third kappa shape index (κ3) is 4.64. The zero-order valence-electron chi connectivity index (χ0n) is 16.5. The molecule has 0 unspecified atom stereocenters. The summed E-state index contributed by atoms with van der Waals surface area (Å²) >= 11 is 9.11. The number of carbonyl (C=O) groups excluding carboxylic acids is 1. The maximum Gasteiger partial charge on any atom is 0.254 e. The van der Waals surface area contributed by atoms with Crippen LogP contribution >= 0.6 is 27.5 Å². The number of halogens is 3. The summed E-state index contributed by atoms with van der Waals surface area (Å²) in [6.45, 7) is 4.15. The lowest BCUT2D eigenvalue weighted by Gasteiger charge is -2.29. The van der Waals surface area contributed by atoms with Crippen molar-refractivity contribution in [2.45, 2.75) is 18.6 Å². The highest BCUT2D eigenvalue weighted by molar-refractivity contribution is 9.10. The first kappa shape index (κ1) is 21.6. The minimum Gasteiger partial charge on any atom is -0.390 e. The first-order valence-electron chi connectivity index (χ1n) is 10.1. The fraction of sp³-hybridized carbons (Fsp3) is 0.409. The number of nitrogens with zero attached hydrogens (tertiary/aromatic N) is 3. The van der Waals surface area contributed by atoms with Crippen molar-refractivity contribution in [3.63, 3.8) is 0 Å². The Kier molecular flexibility index (Phi) is 6.63. The van der Waals surface area contributed by atoms with E-state index in [0.717, 1.165) is 43.3 Å². The molecule has 2 atom stereocenters. The molecule has 0 bridgehead atoms. The minimum absolute atomic E-state index is 0.112. The van der Waals surface area contributed by atoms with E-state index < -0.39 is 11.9 Å². The van der Waals surface area contributed by atoms with Crippen molar-refractivity contribution in [1.29, 1.82) is 0 Å². The van der Waals surface area contributed by atoms with E-state index in [1.807, 2.05) is 24.3 Å². The normalized spacial score (nSPS) is 22.9. The van der Waals surface area contributed by atoms with E-state index in [1.165, 1.54) is 12.1 Å². The molecule has 2 aromatic carbocycles. The van der Waals surface area contributed by atoms with Gasteiger partial charge in [-0.3, -0.25) is 9.69 Å². The van der Waals surface area contributed by atoms with E-state index in [-0.39, 0.29) is 18.5 Å². The molecule has 0 aromatic heterocycles. The van der Waals surface area contributed by atoms with Crippen molar-refractivity contribution < 1.29 is 14.3 Å². The Bertz CT molecular complexity index is 914. The van der Waals surface area contributed by atoms with Gasteiger partial charge in [-0.25, -0.2) is 4.39 Å². The van der Waals surface area contributed by atoms with Crippen LogP contribution < -0.4 is 4.90 Å². The van der Waals surface area contributed by atoms with Gasteiger partial charge in [0, 0.05) is 55.5 Å². The molecule has 0 radical (unpaired) electrons. The lowest BCUT2D eigenvalue weighted by Crippen LogP contribution is -2.45. The smallest absolute Gasteiger partial charge is 0.254 e. The maximum absolute atomic E-state index is 13.8. The molecular weight excluding hydrogens is 473 g/mol. The van der Waals surface area contributed by atoms with Gasteiger partial charge in [-0.15, -0.1) is 0 Å². The topological polar surface area (TPSA) is 47.0 Å². The molecule has 30 heavy (non-hydrogen) atoms. The second-order valence-electron chi connectivity index (χ2n) is 7.83. The zero-order chi connectivity index (χ0) is 21.3. The summed E-state index contributed by atoms with van der Waals surface area (Å²) in [7, 11) is 0. The van der Waals surface area contributed by atoms with E-state index >= 15 is 0 Å². The van der Waals surface area contributed by atoms with Crippen molar-refractivity contribution in [1.82, 2.24) is 9.80 Å². The average Bonchev–Trinajstić information content (AvgIpc) is 2.96. The van der Waals surface area contributed by atoms with Crippen molar-refractivity contribution in [2.24, 2.45) is 0 Å². The molecule has 2 aliphatic heterocycles. The number of hydrogen-bond acceptors (Lipinski definition) is 4. The Balaban J connectivity index is 1.40. The van der Waals surface area contributed by atoms with Crippen LogP contribution in [0.3, 0.4) is 0 Å². The predicted octanol–water partition coefficient (Wildman–Crippen LogP) is 3.64. The van der Waals surface area contributed by atoms with Gasteiger partial charge in [0.1, 0.15) is 5.82 Å². The van der Waals surface area contributed by atoms with Gasteiger partial charge in [-0.1, -0.05) is 11.6 Å². The monoisotopic (exact) mass is 495 g/mol. The molecule has 1 N–H and O–H groups in total. The fourth-order valence-electron chi connectivity index (χ4n) is 4.29. The number of benzene rings is 2. The fourth-order valence-corrected chi connectivity index (χ4v) is 4.66. The quantitative estimate of drug-likeness (QED) is 0.705. The highest BCUT2D eigenvalue weighted by atomic mass is 79.9. The summed E-state index contributed by atoms with van der Waals surface area (Å²) in [5.41, 5.74) is 1.44. The van der Waals surface area contributed by atoms with Gasteiger partial charge >= 0.3 is 0 Å². The Hall–Kier alpha value is -1.67. The van der Waals surface area contributed by atoms with E-state index in [1.54, 1.807) is 11.0 Å². The maximum atomic E-state index is 13.8. The van der Waals surface area contributed by atoms with E-state index in [4.69, 9.17) is 11.6 Å². The van der Waals surface area contributed by atoms with Crippen LogP contribution in [0.25, 0.3) is 0 Å². The molecule has 1 amide bonds. The number of anilines is 1. The van der Waals surface area contributed by atoms with Crippen LogP contribution in [-0.2, 0) is 0 Å². The van der Waals surface area contributed by atoms with Crippen LogP contribution in [0.4, 0.5) is 10.1 Å². The first-order chi connectivity index (χ1) is 14.4. The summed E-state index contributed by atoms with van der Waals surface area (Å²) in [5, 5.41) is 11.4. The molecule has 2 heterocycles. The van der Waals surface area contributed by atoms with Crippen LogP contribution in [0.1, 0.15) is 16.8 Å². The Labute approximate surface area is 189 Å². The molecule has 5 nitrogen and oxygen atoms in total. The largest absolute Gasteiger partial charge is 0.390 e. The third-order valence-electron chi connectivity index (χ3n) is 5.90. The number of aliphatic hydroxyl groups is 1. The number of amides is 1. The average molecular weight is 497 g/mol. The van der Waals surface area contributed by atoms with Gasteiger partial charge in [0.2, 0.25) is 0 Å². The lowest BCUT2D eigenvalue weighted by atomic mass is 10.1. The summed E-state index contributed by atoms with van der Waals surface area (Å²) < 4.78 is 14.2. The zero-order valence-corrected chi connectivity index (χ0v) is 18.8. The van der Waals surface area contributed by atoms with Crippen molar-refractivity contribution in [3.8, 4) is 0 Å². The summed E-state index contributed by atoms with van der Waals surface area (Å²) in [5.74, 6) is -0.715. The highest BCUT2D eigenvalue weighted by Gasteiger charge is 2.38. The molecule has 2 fully saturated rings. The van der Waals surface area contributed by atoms with Crippen molar-refractivity contribution in [2.75, 3.05) is 44.2 Å². The van der Waals surface area contributed by atoms with E-state index in [0.29, 0.717) is 16.6 Å². The van der Waals surface area contributed by atoms with Gasteiger partial charge in [0.05, 0.1) is 16.6 Å². The standard InChI is InChI=1S/C22H24BrClFN3O2/c23-18-7-2-15(12-19(18)25)22(30)28-13-20(21(29)14-28)27-9-1-8-26(10-11-27)17-5-3-16(24)4-6-17/h2-7,12,20-21,29H,1,8-11,13-14H2/t20-,21-/m0/s1. The number of likely N-dealkylation sites (tertiary alicyclic amines) is 1. The number of carbonyl (C=O) groups is 1. The summed E-state index contributed by atoms with van der Waals surface area (Å²) in [6.07, 6.45) is 0.355. The molecule has 8 heteroatoms. The Morgan fingerprint density at radius 3 is 2.57 bits per heavy atom. The van der Waals surface area contributed by atoms with Gasteiger partial charge in [-0.2, -0.15) is 0 Å².